The Morgan fingerprint density at radius 1 is 1.21 bits per heavy atom. The number of hydrogen-bond acceptors (Lipinski definition) is 1. The SMILES string of the molecule is Cc1ccc(CNC(C)c2cccc(Cl)c2)cc1Br. The van der Waals surface area contributed by atoms with Crippen LogP contribution in [0.25, 0.3) is 0 Å². The van der Waals surface area contributed by atoms with Crippen LogP contribution >= 0.6 is 27.5 Å². The highest BCUT2D eigenvalue weighted by molar-refractivity contribution is 9.10. The fourth-order valence-corrected chi connectivity index (χ4v) is 2.54. The van der Waals surface area contributed by atoms with Crippen LogP contribution in [0.15, 0.2) is 46.9 Å². The molecular formula is C16H17BrClN. The molecule has 0 amide bonds. The van der Waals surface area contributed by atoms with E-state index < -0.39 is 0 Å². The van der Waals surface area contributed by atoms with Gasteiger partial charge in [-0.05, 0) is 48.7 Å². The first-order valence-electron chi connectivity index (χ1n) is 6.30. The fourth-order valence-electron chi connectivity index (χ4n) is 1.91. The van der Waals surface area contributed by atoms with Gasteiger partial charge in [-0.25, -0.2) is 0 Å². The number of rotatable bonds is 4. The highest BCUT2D eigenvalue weighted by atomic mass is 79.9. The first-order valence-corrected chi connectivity index (χ1v) is 7.47. The van der Waals surface area contributed by atoms with Crippen molar-refractivity contribution >= 4 is 27.5 Å². The fraction of sp³-hybridized carbons (Fsp3) is 0.250. The number of aryl methyl sites for hydroxylation is 1. The second kappa shape index (κ2) is 6.56. The minimum atomic E-state index is 0.277. The molecule has 100 valence electrons. The molecule has 2 rings (SSSR count). The molecule has 0 aliphatic heterocycles. The Kier molecular flexibility index (Phi) is 5.03. The van der Waals surface area contributed by atoms with Crippen LogP contribution in [0.2, 0.25) is 5.02 Å². The van der Waals surface area contributed by atoms with Crippen LogP contribution in [0.1, 0.15) is 29.7 Å². The van der Waals surface area contributed by atoms with Crippen molar-refractivity contribution in [1.82, 2.24) is 5.32 Å². The number of nitrogens with one attached hydrogen (secondary N) is 1. The van der Waals surface area contributed by atoms with E-state index >= 15 is 0 Å². The quantitative estimate of drug-likeness (QED) is 0.801. The van der Waals surface area contributed by atoms with E-state index in [1.807, 2.05) is 18.2 Å². The highest BCUT2D eigenvalue weighted by Gasteiger charge is 2.05. The molecule has 1 N–H and O–H groups in total. The van der Waals surface area contributed by atoms with Crippen LogP contribution in [0.4, 0.5) is 0 Å². The predicted octanol–water partition coefficient (Wildman–Crippen LogP) is 5.26. The molecule has 0 spiro atoms. The van der Waals surface area contributed by atoms with E-state index in [9.17, 15) is 0 Å². The molecule has 0 fully saturated rings. The number of benzene rings is 2. The maximum absolute atomic E-state index is 6.01. The van der Waals surface area contributed by atoms with Gasteiger partial charge in [0.25, 0.3) is 0 Å². The van der Waals surface area contributed by atoms with Gasteiger partial charge >= 0.3 is 0 Å². The lowest BCUT2D eigenvalue weighted by molar-refractivity contribution is 0.574. The Hall–Kier alpha value is -0.830. The average Bonchev–Trinajstić information content (AvgIpc) is 2.40. The summed E-state index contributed by atoms with van der Waals surface area (Å²) in [5.74, 6) is 0. The van der Waals surface area contributed by atoms with E-state index in [1.54, 1.807) is 0 Å². The monoisotopic (exact) mass is 337 g/mol. The number of halogens is 2. The Morgan fingerprint density at radius 3 is 2.68 bits per heavy atom. The lowest BCUT2D eigenvalue weighted by Crippen LogP contribution is -2.18. The Balaban J connectivity index is 2.00. The summed E-state index contributed by atoms with van der Waals surface area (Å²) in [6.45, 7) is 5.08. The van der Waals surface area contributed by atoms with Crippen molar-refractivity contribution in [2.75, 3.05) is 0 Å². The van der Waals surface area contributed by atoms with Gasteiger partial charge in [0.15, 0.2) is 0 Å². The molecule has 0 aliphatic carbocycles. The summed E-state index contributed by atoms with van der Waals surface area (Å²) in [6.07, 6.45) is 0. The van der Waals surface area contributed by atoms with E-state index in [1.165, 1.54) is 16.7 Å². The summed E-state index contributed by atoms with van der Waals surface area (Å²) in [4.78, 5) is 0. The molecule has 0 saturated carbocycles. The van der Waals surface area contributed by atoms with Gasteiger partial charge in [-0.3, -0.25) is 0 Å². The molecule has 1 nitrogen and oxygen atoms in total. The Morgan fingerprint density at radius 2 is 2.00 bits per heavy atom. The Bertz CT molecular complexity index is 568. The van der Waals surface area contributed by atoms with Gasteiger partial charge in [-0.2, -0.15) is 0 Å². The maximum atomic E-state index is 6.01. The van der Waals surface area contributed by atoms with Crippen molar-refractivity contribution in [3.63, 3.8) is 0 Å². The normalized spacial score (nSPS) is 12.4. The van der Waals surface area contributed by atoms with Gasteiger partial charge in [0.05, 0.1) is 0 Å². The molecule has 0 heterocycles. The zero-order valence-electron chi connectivity index (χ0n) is 11.1. The topological polar surface area (TPSA) is 12.0 Å². The summed E-state index contributed by atoms with van der Waals surface area (Å²) in [5, 5.41) is 4.29. The molecular weight excluding hydrogens is 322 g/mol. The molecule has 1 unspecified atom stereocenters. The van der Waals surface area contributed by atoms with E-state index in [4.69, 9.17) is 11.6 Å². The third-order valence-corrected chi connectivity index (χ3v) is 4.29. The van der Waals surface area contributed by atoms with E-state index in [-0.39, 0.29) is 6.04 Å². The molecule has 2 aromatic carbocycles. The van der Waals surface area contributed by atoms with Crippen LogP contribution in [0.5, 0.6) is 0 Å². The van der Waals surface area contributed by atoms with E-state index in [2.05, 4.69) is 59.4 Å². The predicted molar refractivity (Wildman–Crippen MR) is 85.6 cm³/mol. The van der Waals surface area contributed by atoms with E-state index in [0.717, 1.165) is 16.0 Å². The van der Waals surface area contributed by atoms with Crippen molar-refractivity contribution in [1.29, 1.82) is 0 Å². The van der Waals surface area contributed by atoms with Gasteiger partial charge in [-0.1, -0.05) is 51.8 Å². The second-order valence-corrected chi connectivity index (χ2v) is 6.03. The molecule has 19 heavy (non-hydrogen) atoms. The molecule has 3 heteroatoms. The molecule has 0 saturated heterocycles. The molecule has 0 aromatic heterocycles. The van der Waals surface area contributed by atoms with Gasteiger partial charge in [0.2, 0.25) is 0 Å². The van der Waals surface area contributed by atoms with Crippen molar-refractivity contribution in [3.05, 3.63) is 68.7 Å². The van der Waals surface area contributed by atoms with Crippen LogP contribution < -0.4 is 5.32 Å². The van der Waals surface area contributed by atoms with Gasteiger partial charge in [0, 0.05) is 22.1 Å². The largest absolute Gasteiger partial charge is 0.306 e. The summed E-state index contributed by atoms with van der Waals surface area (Å²) >= 11 is 9.57. The van der Waals surface area contributed by atoms with Gasteiger partial charge < -0.3 is 5.32 Å². The minimum absolute atomic E-state index is 0.277. The smallest absolute Gasteiger partial charge is 0.0409 e. The van der Waals surface area contributed by atoms with Crippen LogP contribution in [0, 0.1) is 6.92 Å². The highest BCUT2D eigenvalue weighted by Crippen LogP contribution is 2.20. The third kappa shape index (κ3) is 4.07. The summed E-state index contributed by atoms with van der Waals surface area (Å²) < 4.78 is 1.15. The summed E-state index contributed by atoms with van der Waals surface area (Å²) in [5.41, 5.74) is 3.73. The minimum Gasteiger partial charge on any atom is -0.306 e. The van der Waals surface area contributed by atoms with Crippen molar-refractivity contribution in [2.24, 2.45) is 0 Å². The molecule has 0 radical (unpaired) electrons. The molecule has 2 aromatic rings. The van der Waals surface area contributed by atoms with Crippen molar-refractivity contribution in [3.8, 4) is 0 Å². The van der Waals surface area contributed by atoms with Crippen LogP contribution in [0.3, 0.4) is 0 Å². The maximum Gasteiger partial charge on any atom is 0.0409 e. The van der Waals surface area contributed by atoms with Crippen molar-refractivity contribution < 1.29 is 0 Å². The standard InChI is InChI=1S/C16H17BrClN/c1-11-6-7-13(8-16(11)17)10-19-12(2)14-4-3-5-15(18)9-14/h3-9,12,19H,10H2,1-2H3. The lowest BCUT2D eigenvalue weighted by atomic mass is 10.1. The van der Waals surface area contributed by atoms with Crippen LogP contribution in [-0.2, 0) is 6.54 Å². The zero-order chi connectivity index (χ0) is 13.8. The second-order valence-electron chi connectivity index (χ2n) is 4.74. The molecule has 1 atom stereocenters. The molecule has 0 aliphatic rings. The zero-order valence-corrected chi connectivity index (χ0v) is 13.4. The molecule has 0 bridgehead atoms. The van der Waals surface area contributed by atoms with Crippen LogP contribution in [-0.4, -0.2) is 0 Å². The van der Waals surface area contributed by atoms with Gasteiger partial charge in [-0.15, -0.1) is 0 Å². The Labute approximate surface area is 128 Å². The van der Waals surface area contributed by atoms with E-state index in [0.29, 0.717) is 0 Å². The van der Waals surface area contributed by atoms with Crippen molar-refractivity contribution in [2.45, 2.75) is 26.4 Å². The average molecular weight is 339 g/mol. The first-order chi connectivity index (χ1) is 9.06. The number of hydrogen-bond donors (Lipinski definition) is 1. The summed E-state index contributed by atoms with van der Waals surface area (Å²) in [7, 11) is 0. The van der Waals surface area contributed by atoms with Gasteiger partial charge in [0.1, 0.15) is 0 Å². The summed E-state index contributed by atoms with van der Waals surface area (Å²) in [6, 6.07) is 14.7. The first kappa shape index (κ1) is 14.6. The third-order valence-electron chi connectivity index (χ3n) is 3.20. The lowest BCUT2D eigenvalue weighted by Gasteiger charge is -2.15.